The normalized spacial score (nSPS) is 19.4. The second-order valence-electron chi connectivity index (χ2n) is 4.44. The molecule has 2 N–H and O–H groups in total. The monoisotopic (exact) mass is 264 g/mol. The van der Waals surface area contributed by atoms with Gasteiger partial charge < -0.3 is 10.6 Å². The van der Waals surface area contributed by atoms with Crippen LogP contribution in [0.5, 0.6) is 0 Å². The van der Waals surface area contributed by atoms with Gasteiger partial charge in [-0.3, -0.25) is 14.2 Å². The molecular weight excluding hydrogens is 248 g/mol. The quantitative estimate of drug-likeness (QED) is 0.734. The van der Waals surface area contributed by atoms with Crippen LogP contribution < -0.4 is 16.3 Å². The van der Waals surface area contributed by atoms with E-state index in [1.165, 1.54) is 17.0 Å². The molecule has 0 aromatic carbocycles. The topological polar surface area (TPSA) is 93.1 Å². The van der Waals surface area contributed by atoms with E-state index >= 15 is 0 Å². The molecule has 1 saturated heterocycles. The summed E-state index contributed by atoms with van der Waals surface area (Å²) in [5.74, 6) is -0.526. The van der Waals surface area contributed by atoms with Crippen molar-refractivity contribution >= 4 is 11.8 Å². The molecule has 0 radical (unpaired) electrons. The fraction of sp³-hybridized carbons (Fsp3) is 0.500. The summed E-state index contributed by atoms with van der Waals surface area (Å²) >= 11 is 0. The first-order valence-electron chi connectivity index (χ1n) is 6.25. The van der Waals surface area contributed by atoms with Gasteiger partial charge in [0, 0.05) is 18.9 Å². The molecule has 2 amide bonds. The van der Waals surface area contributed by atoms with Gasteiger partial charge in [0.15, 0.2) is 0 Å². The molecule has 2 rings (SSSR count). The minimum absolute atomic E-state index is 0.129. The molecule has 0 aliphatic carbocycles. The molecule has 1 fully saturated rings. The second-order valence-corrected chi connectivity index (χ2v) is 4.44. The van der Waals surface area contributed by atoms with Crippen molar-refractivity contribution in [3.05, 3.63) is 28.9 Å². The van der Waals surface area contributed by atoms with Crippen LogP contribution in [0.25, 0.3) is 0 Å². The van der Waals surface area contributed by atoms with Gasteiger partial charge in [-0.25, -0.2) is 9.78 Å². The summed E-state index contributed by atoms with van der Waals surface area (Å²) in [6.07, 6.45) is 5.29. The van der Waals surface area contributed by atoms with Crippen LogP contribution in [0, 0.1) is 0 Å². The zero-order valence-electron chi connectivity index (χ0n) is 10.5. The fourth-order valence-corrected chi connectivity index (χ4v) is 1.98. The van der Waals surface area contributed by atoms with E-state index in [1.54, 1.807) is 6.07 Å². The number of carbonyl (C=O) groups is 2. The van der Waals surface area contributed by atoms with E-state index in [0.29, 0.717) is 13.0 Å². The Morgan fingerprint density at radius 1 is 1.47 bits per heavy atom. The molecule has 1 unspecified atom stereocenters. The van der Waals surface area contributed by atoms with Gasteiger partial charge in [0.25, 0.3) is 0 Å². The van der Waals surface area contributed by atoms with Gasteiger partial charge in [-0.05, 0) is 25.3 Å². The summed E-state index contributed by atoms with van der Waals surface area (Å²) in [7, 11) is 0. The standard InChI is InChI=1S/C12H16N4O3/c17-10(8-16-7-3-6-14-12(16)19)15-9-4-1-2-5-13-11(9)18/h3,6-7,9H,1-2,4-5,8H2,(H,13,18)(H,15,17). The number of rotatable bonds is 3. The number of nitrogens with zero attached hydrogens (tertiary/aromatic N) is 2. The Balaban J connectivity index is 1.95. The van der Waals surface area contributed by atoms with Gasteiger partial charge in [-0.2, -0.15) is 0 Å². The SMILES string of the molecule is O=C(Cn1cccnc1=O)NC1CCCCNC1=O. The van der Waals surface area contributed by atoms with Gasteiger partial charge in [0.1, 0.15) is 12.6 Å². The number of hydrogen-bond donors (Lipinski definition) is 2. The van der Waals surface area contributed by atoms with E-state index in [0.717, 1.165) is 12.8 Å². The van der Waals surface area contributed by atoms with Crippen LogP contribution in [-0.4, -0.2) is 34.0 Å². The highest BCUT2D eigenvalue weighted by Gasteiger charge is 2.22. The van der Waals surface area contributed by atoms with Gasteiger partial charge in [0.05, 0.1) is 0 Å². The lowest BCUT2D eigenvalue weighted by molar-refractivity contribution is -0.129. The molecule has 102 valence electrons. The minimum atomic E-state index is -0.512. The Bertz CT molecular complexity index is 526. The predicted octanol–water partition coefficient (Wildman–Crippen LogP) is -0.972. The lowest BCUT2D eigenvalue weighted by Crippen LogP contribution is -2.47. The first-order valence-corrected chi connectivity index (χ1v) is 6.25. The minimum Gasteiger partial charge on any atom is -0.354 e. The number of carbonyl (C=O) groups excluding carboxylic acids is 2. The van der Waals surface area contributed by atoms with Crippen molar-refractivity contribution in [1.29, 1.82) is 0 Å². The van der Waals surface area contributed by atoms with Crippen LogP contribution in [0.2, 0.25) is 0 Å². The summed E-state index contributed by atoms with van der Waals surface area (Å²) < 4.78 is 1.20. The van der Waals surface area contributed by atoms with E-state index in [4.69, 9.17) is 0 Å². The Hall–Kier alpha value is -2.18. The smallest absolute Gasteiger partial charge is 0.347 e. The number of amides is 2. The molecule has 19 heavy (non-hydrogen) atoms. The molecule has 0 saturated carbocycles. The summed E-state index contributed by atoms with van der Waals surface area (Å²) in [6, 6.07) is 1.06. The largest absolute Gasteiger partial charge is 0.354 e. The Labute approximate surface area is 110 Å². The van der Waals surface area contributed by atoms with E-state index in [2.05, 4.69) is 15.6 Å². The van der Waals surface area contributed by atoms with Gasteiger partial charge in [-0.1, -0.05) is 0 Å². The van der Waals surface area contributed by atoms with E-state index in [-0.39, 0.29) is 18.4 Å². The maximum atomic E-state index is 11.8. The maximum absolute atomic E-state index is 11.8. The third-order valence-corrected chi connectivity index (χ3v) is 2.97. The molecule has 1 aromatic heterocycles. The molecule has 1 atom stereocenters. The summed E-state index contributed by atoms with van der Waals surface area (Å²) in [6.45, 7) is 0.518. The molecular formula is C12H16N4O3. The third kappa shape index (κ3) is 3.64. The van der Waals surface area contributed by atoms with E-state index in [1.807, 2.05) is 0 Å². The van der Waals surface area contributed by atoms with Crippen LogP contribution >= 0.6 is 0 Å². The highest BCUT2D eigenvalue weighted by atomic mass is 16.2. The highest BCUT2D eigenvalue weighted by Crippen LogP contribution is 2.05. The third-order valence-electron chi connectivity index (χ3n) is 2.97. The molecule has 0 spiro atoms. The average Bonchev–Trinajstić information content (AvgIpc) is 2.58. The van der Waals surface area contributed by atoms with Crippen molar-refractivity contribution in [1.82, 2.24) is 20.2 Å². The lowest BCUT2D eigenvalue weighted by Gasteiger charge is -2.15. The molecule has 0 bridgehead atoms. The van der Waals surface area contributed by atoms with Crippen molar-refractivity contribution in [2.45, 2.75) is 31.8 Å². The molecule has 1 aliphatic heterocycles. The average molecular weight is 264 g/mol. The fourth-order valence-electron chi connectivity index (χ4n) is 1.98. The molecule has 7 nitrogen and oxygen atoms in total. The molecule has 1 aliphatic rings. The number of hydrogen-bond acceptors (Lipinski definition) is 4. The first kappa shape index (κ1) is 13.3. The first-order chi connectivity index (χ1) is 9.16. The van der Waals surface area contributed by atoms with Crippen molar-refractivity contribution < 1.29 is 9.59 Å². The van der Waals surface area contributed by atoms with Gasteiger partial charge in [-0.15, -0.1) is 0 Å². The van der Waals surface area contributed by atoms with Crippen molar-refractivity contribution in [2.75, 3.05) is 6.54 Å². The number of nitrogens with one attached hydrogen (secondary N) is 2. The molecule has 1 aromatic rings. The number of aromatic nitrogens is 2. The van der Waals surface area contributed by atoms with Crippen LogP contribution in [0.4, 0.5) is 0 Å². The van der Waals surface area contributed by atoms with Crippen molar-refractivity contribution in [2.24, 2.45) is 0 Å². The Morgan fingerprint density at radius 2 is 2.32 bits per heavy atom. The van der Waals surface area contributed by atoms with Crippen LogP contribution in [0.3, 0.4) is 0 Å². The lowest BCUT2D eigenvalue weighted by atomic mass is 10.1. The van der Waals surface area contributed by atoms with Crippen molar-refractivity contribution in [3.63, 3.8) is 0 Å². The molecule has 2 heterocycles. The zero-order valence-corrected chi connectivity index (χ0v) is 10.5. The van der Waals surface area contributed by atoms with Gasteiger partial charge in [0.2, 0.25) is 11.8 Å². The summed E-state index contributed by atoms with van der Waals surface area (Å²) in [4.78, 5) is 38.4. The van der Waals surface area contributed by atoms with Crippen molar-refractivity contribution in [3.8, 4) is 0 Å². The Kier molecular flexibility index (Phi) is 4.27. The molecule has 7 heteroatoms. The zero-order chi connectivity index (χ0) is 13.7. The summed E-state index contributed by atoms with van der Waals surface area (Å²) in [5.41, 5.74) is -0.483. The second kappa shape index (κ2) is 6.12. The van der Waals surface area contributed by atoms with Crippen LogP contribution in [0.1, 0.15) is 19.3 Å². The van der Waals surface area contributed by atoms with E-state index < -0.39 is 11.7 Å². The van der Waals surface area contributed by atoms with Crippen LogP contribution in [-0.2, 0) is 16.1 Å². The summed E-state index contributed by atoms with van der Waals surface area (Å²) in [5, 5.41) is 5.39. The highest BCUT2D eigenvalue weighted by molar-refractivity contribution is 5.87. The van der Waals surface area contributed by atoms with Crippen LogP contribution in [0.15, 0.2) is 23.3 Å². The van der Waals surface area contributed by atoms with Gasteiger partial charge >= 0.3 is 5.69 Å². The Morgan fingerprint density at radius 3 is 3.11 bits per heavy atom. The van der Waals surface area contributed by atoms with E-state index in [9.17, 15) is 14.4 Å². The maximum Gasteiger partial charge on any atom is 0.347 e. The predicted molar refractivity (Wildman–Crippen MR) is 67.3 cm³/mol.